The molecule has 0 saturated carbocycles. The third-order valence-electron chi connectivity index (χ3n) is 3.44. The lowest BCUT2D eigenvalue weighted by Crippen LogP contribution is -2.12. The van der Waals surface area contributed by atoms with Crippen LogP contribution in [0.15, 0.2) is 75.1 Å². The molecule has 23 heavy (non-hydrogen) atoms. The number of benzene rings is 2. The minimum atomic E-state index is 0.187. The monoisotopic (exact) mass is 357 g/mol. The molecule has 0 spiro atoms. The Bertz CT molecular complexity index is 818. The molecule has 2 heterocycles. The number of rotatable bonds is 2. The van der Waals surface area contributed by atoms with Gasteiger partial charge in [0.1, 0.15) is 10.4 Å². The molecule has 0 aromatic heterocycles. The van der Waals surface area contributed by atoms with Crippen LogP contribution < -0.4 is 0 Å². The highest BCUT2D eigenvalue weighted by atomic mass is 35.5. The highest BCUT2D eigenvalue weighted by Gasteiger charge is 2.34. The normalized spacial score (nSPS) is 19.9. The van der Waals surface area contributed by atoms with E-state index in [1.807, 2.05) is 35.3 Å². The highest BCUT2D eigenvalue weighted by molar-refractivity contribution is 8.18. The van der Waals surface area contributed by atoms with Crippen molar-refractivity contribution in [1.29, 1.82) is 0 Å². The lowest BCUT2D eigenvalue weighted by Gasteiger charge is -2.18. The van der Waals surface area contributed by atoms with Crippen LogP contribution in [0.3, 0.4) is 0 Å². The van der Waals surface area contributed by atoms with E-state index >= 15 is 0 Å². The largest absolute Gasteiger partial charge is 0.238 e. The second-order valence-corrected chi connectivity index (χ2v) is 7.31. The predicted octanol–water partition coefficient (Wildman–Crippen LogP) is 5.32. The molecule has 2 aliphatic heterocycles. The van der Waals surface area contributed by atoms with E-state index in [-0.39, 0.29) is 5.37 Å². The van der Waals surface area contributed by atoms with Crippen LogP contribution in [0.4, 0.5) is 0 Å². The van der Waals surface area contributed by atoms with E-state index in [1.165, 1.54) is 5.56 Å². The van der Waals surface area contributed by atoms with Gasteiger partial charge in [-0.05, 0) is 23.4 Å². The second kappa shape index (κ2) is 6.43. The van der Waals surface area contributed by atoms with Crippen LogP contribution in [0.25, 0.3) is 0 Å². The molecule has 0 radical (unpaired) electrons. The zero-order valence-corrected chi connectivity index (χ0v) is 14.4. The number of thioether (sulfide) groups is 2. The molecule has 114 valence electrons. The molecule has 0 saturated heterocycles. The van der Waals surface area contributed by atoms with Gasteiger partial charge in [0.15, 0.2) is 0 Å². The summed E-state index contributed by atoms with van der Waals surface area (Å²) in [7, 11) is 0. The van der Waals surface area contributed by atoms with Crippen molar-refractivity contribution in [2.45, 2.75) is 5.37 Å². The molecule has 0 fully saturated rings. The van der Waals surface area contributed by atoms with Crippen molar-refractivity contribution in [3.05, 3.63) is 81.2 Å². The van der Waals surface area contributed by atoms with Gasteiger partial charge in [-0.25, -0.2) is 10.0 Å². The van der Waals surface area contributed by atoms with Gasteiger partial charge in [-0.3, -0.25) is 0 Å². The van der Waals surface area contributed by atoms with Crippen LogP contribution >= 0.6 is 35.1 Å². The molecule has 0 N–H and O–H groups in total. The molecular formula is C17H12ClN3S2. The van der Waals surface area contributed by atoms with Crippen molar-refractivity contribution in [3.63, 3.8) is 0 Å². The maximum atomic E-state index is 6.15. The number of hydrazone groups is 1. The smallest absolute Gasteiger partial charge is 0.213 e. The summed E-state index contributed by atoms with van der Waals surface area (Å²) in [4.78, 5) is 4.48. The molecular weight excluding hydrogens is 346 g/mol. The topological polar surface area (TPSA) is 28.0 Å². The predicted molar refractivity (Wildman–Crippen MR) is 101 cm³/mol. The fraction of sp³-hybridized carbons (Fsp3) is 0.0588. The molecule has 2 aliphatic rings. The summed E-state index contributed by atoms with van der Waals surface area (Å²) >= 11 is 9.50. The first-order valence-corrected chi connectivity index (χ1v) is 9.20. The Kier molecular flexibility index (Phi) is 4.16. The van der Waals surface area contributed by atoms with Crippen molar-refractivity contribution >= 4 is 46.5 Å². The van der Waals surface area contributed by atoms with Gasteiger partial charge in [0.2, 0.25) is 5.17 Å². The van der Waals surface area contributed by atoms with Crippen molar-refractivity contribution in [2.75, 3.05) is 0 Å². The minimum Gasteiger partial charge on any atom is -0.238 e. The summed E-state index contributed by atoms with van der Waals surface area (Å²) in [6.07, 6.45) is 1.77. The van der Waals surface area contributed by atoms with Gasteiger partial charge >= 0.3 is 0 Å². The Hall–Kier alpha value is -1.69. The molecule has 1 unspecified atom stereocenters. The van der Waals surface area contributed by atoms with Crippen LogP contribution in [0.5, 0.6) is 0 Å². The van der Waals surface area contributed by atoms with E-state index in [0.29, 0.717) is 5.02 Å². The number of hydrogen-bond donors (Lipinski definition) is 0. The number of nitrogens with zero attached hydrogens (tertiary/aromatic N) is 3. The van der Waals surface area contributed by atoms with Gasteiger partial charge in [-0.1, -0.05) is 71.9 Å². The summed E-state index contributed by atoms with van der Waals surface area (Å²) in [6, 6.07) is 18.0. The van der Waals surface area contributed by atoms with Crippen molar-refractivity contribution < 1.29 is 0 Å². The van der Waals surface area contributed by atoms with Crippen LogP contribution in [-0.4, -0.2) is 16.4 Å². The number of aliphatic imine (C=N–C) groups is 1. The average molecular weight is 358 g/mol. The number of amidine groups is 1. The molecule has 3 nitrogen and oxygen atoms in total. The van der Waals surface area contributed by atoms with E-state index in [9.17, 15) is 0 Å². The standard InChI is InChI=1S/C17H12ClN3S2/c18-14-9-5-4-8-13(14)10-19-17-20-21-15(23-17)11-22-16(21)12-6-2-1-3-7-12/h1-11,16H/b19-10-. The Labute approximate surface area is 148 Å². The molecule has 0 bridgehead atoms. The number of halogens is 1. The zero-order chi connectivity index (χ0) is 15.6. The van der Waals surface area contributed by atoms with Crippen LogP contribution in [0.2, 0.25) is 5.02 Å². The molecule has 0 amide bonds. The summed E-state index contributed by atoms with van der Waals surface area (Å²) in [5, 5.41) is 11.5. The van der Waals surface area contributed by atoms with Gasteiger partial charge in [0, 0.05) is 22.2 Å². The highest BCUT2D eigenvalue weighted by Crippen LogP contribution is 2.49. The van der Waals surface area contributed by atoms with Crippen LogP contribution in [-0.2, 0) is 0 Å². The Balaban J connectivity index is 1.55. The third-order valence-corrected chi connectivity index (χ3v) is 5.90. The van der Waals surface area contributed by atoms with Crippen molar-refractivity contribution in [2.24, 2.45) is 10.1 Å². The molecule has 2 aromatic rings. The quantitative estimate of drug-likeness (QED) is 0.680. The van der Waals surface area contributed by atoms with Crippen LogP contribution in [0.1, 0.15) is 16.5 Å². The first-order chi connectivity index (χ1) is 11.3. The Morgan fingerprint density at radius 2 is 1.87 bits per heavy atom. The summed E-state index contributed by atoms with van der Waals surface area (Å²) < 4.78 is 0. The lowest BCUT2D eigenvalue weighted by atomic mass is 10.2. The van der Waals surface area contributed by atoms with Gasteiger partial charge in [0.25, 0.3) is 0 Å². The Morgan fingerprint density at radius 3 is 2.70 bits per heavy atom. The van der Waals surface area contributed by atoms with E-state index < -0.39 is 0 Å². The van der Waals surface area contributed by atoms with E-state index in [2.05, 4.69) is 39.8 Å². The second-order valence-electron chi connectivity index (χ2n) is 4.96. The Morgan fingerprint density at radius 1 is 1.09 bits per heavy atom. The van der Waals surface area contributed by atoms with Crippen molar-refractivity contribution in [3.8, 4) is 0 Å². The minimum absolute atomic E-state index is 0.187. The maximum absolute atomic E-state index is 6.15. The fourth-order valence-electron chi connectivity index (χ4n) is 2.32. The molecule has 2 aromatic carbocycles. The molecule has 6 heteroatoms. The third kappa shape index (κ3) is 3.04. The van der Waals surface area contributed by atoms with Gasteiger partial charge in [0.05, 0.1) is 0 Å². The first kappa shape index (κ1) is 14.9. The van der Waals surface area contributed by atoms with E-state index in [0.717, 1.165) is 15.8 Å². The number of hydrogen-bond acceptors (Lipinski definition) is 5. The van der Waals surface area contributed by atoms with E-state index in [4.69, 9.17) is 11.6 Å². The van der Waals surface area contributed by atoms with Crippen LogP contribution in [0, 0.1) is 0 Å². The van der Waals surface area contributed by atoms with Gasteiger partial charge < -0.3 is 0 Å². The van der Waals surface area contributed by atoms with Gasteiger partial charge in [-0.15, -0.1) is 5.10 Å². The maximum Gasteiger partial charge on any atom is 0.213 e. The molecule has 4 rings (SSSR count). The van der Waals surface area contributed by atoms with Gasteiger partial charge in [-0.2, -0.15) is 0 Å². The van der Waals surface area contributed by atoms with E-state index in [1.54, 1.807) is 29.7 Å². The molecule has 1 atom stereocenters. The summed E-state index contributed by atoms with van der Waals surface area (Å²) in [6.45, 7) is 0. The lowest BCUT2D eigenvalue weighted by molar-refractivity contribution is 0.387. The summed E-state index contributed by atoms with van der Waals surface area (Å²) in [5.41, 5.74) is 2.14. The fourth-order valence-corrected chi connectivity index (χ4v) is 4.54. The SMILES string of the molecule is Clc1ccccc1/C=N\C1=NN2C(=CSC2c2ccccc2)S1. The molecule has 0 aliphatic carbocycles. The average Bonchev–Trinajstić information content (AvgIpc) is 3.15. The zero-order valence-electron chi connectivity index (χ0n) is 12.0. The first-order valence-electron chi connectivity index (χ1n) is 7.06. The number of fused-ring (bicyclic) bond motifs is 1. The van der Waals surface area contributed by atoms with Crippen molar-refractivity contribution in [1.82, 2.24) is 5.01 Å². The summed E-state index contributed by atoms with van der Waals surface area (Å²) in [5.74, 6) is 0.